The number of amides is 1. The zero-order valence-corrected chi connectivity index (χ0v) is 12.9. The van der Waals surface area contributed by atoms with E-state index in [1.54, 1.807) is 0 Å². The van der Waals surface area contributed by atoms with Gasteiger partial charge in [-0.2, -0.15) is 0 Å². The zero-order chi connectivity index (χ0) is 16.7. The number of nitrogens with zero attached hydrogens (tertiary/aromatic N) is 1. The van der Waals surface area contributed by atoms with Crippen LogP contribution >= 0.6 is 0 Å². The summed E-state index contributed by atoms with van der Waals surface area (Å²) in [6.45, 7) is 0.928. The van der Waals surface area contributed by atoms with Crippen LogP contribution in [0.1, 0.15) is 18.4 Å². The van der Waals surface area contributed by atoms with Crippen molar-refractivity contribution in [2.24, 2.45) is 11.7 Å². The Balaban J connectivity index is 1.76. The first kappa shape index (κ1) is 17.2. The molecule has 3 N–H and O–H groups in total. The average Bonchev–Trinajstić information content (AvgIpc) is 2.60. The van der Waals surface area contributed by atoms with E-state index in [0.29, 0.717) is 19.5 Å². The number of carbonyl (C=O) groups is 2. The molecule has 1 fully saturated rings. The Morgan fingerprint density at radius 3 is 2.74 bits per heavy atom. The van der Waals surface area contributed by atoms with Gasteiger partial charge >= 0.3 is 12.1 Å². The molecule has 0 saturated carbocycles. The van der Waals surface area contributed by atoms with Gasteiger partial charge < -0.3 is 15.7 Å². The molecule has 2 atom stereocenters. The van der Waals surface area contributed by atoms with Crippen molar-refractivity contribution in [3.8, 4) is 0 Å². The second kappa shape index (κ2) is 8.50. The van der Waals surface area contributed by atoms with Crippen molar-refractivity contribution in [2.45, 2.75) is 25.3 Å². The predicted octanol–water partition coefficient (Wildman–Crippen LogP) is 0.855. The molecule has 1 aliphatic rings. The first-order chi connectivity index (χ1) is 11.1. The molecule has 1 aromatic carbocycles. The van der Waals surface area contributed by atoms with E-state index in [1.807, 2.05) is 30.3 Å². The van der Waals surface area contributed by atoms with Crippen molar-refractivity contribution < 1.29 is 24.5 Å². The van der Waals surface area contributed by atoms with Crippen LogP contribution in [0.2, 0.25) is 0 Å². The maximum Gasteiger partial charge on any atom is 0.453 e. The summed E-state index contributed by atoms with van der Waals surface area (Å²) in [5.41, 5.74) is 6.64. The molecular weight excluding hydrogens is 300 g/mol. The second-order valence-corrected chi connectivity index (χ2v) is 5.68. The van der Waals surface area contributed by atoms with Crippen LogP contribution in [0.5, 0.6) is 0 Å². The van der Waals surface area contributed by atoms with Gasteiger partial charge in [-0.05, 0) is 30.7 Å². The maximum atomic E-state index is 11.8. The molecular formula is C16H22N2O5. The fraction of sp³-hybridized carbons (Fsp3) is 0.500. The second-order valence-electron chi connectivity index (χ2n) is 5.68. The molecule has 0 aromatic heterocycles. The Labute approximate surface area is 134 Å². The number of piperidine rings is 1. The highest BCUT2D eigenvalue weighted by Crippen LogP contribution is 2.16. The molecule has 7 nitrogen and oxygen atoms in total. The van der Waals surface area contributed by atoms with Gasteiger partial charge in [0, 0.05) is 19.7 Å². The monoisotopic (exact) mass is 322 g/mol. The van der Waals surface area contributed by atoms with Gasteiger partial charge in [-0.15, -0.1) is 0 Å². The van der Waals surface area contributed by atoms with Crippen LogP contribution in [0, 0.1) is 5.92 Å². The molecule has 1 aliphatic heterocycles. The first-order valence-corrected chi connectivity index (χ1v) is 7.67. The predicted molar refractivity (Wildman–Crippen MR) is 82.1 cm³/mol. The van der Waals surface area contributed by atoms with Crippen molar-refractivity contribution in [3.05, 3.63) is 35.9 Å². The highest BCUT2D eigenvalue weighted by atomic mass is 17.2. The van der Waals surface area contributed by atoms with Gasteiger partial charge in [0.15, 0.2) is 0 Å². The number of hydrogen-bond donors (Lipinski definition) is 2. The Morgan fingerprint density at radius 1 is 1.30 bits per heavy atom. The van der Waals surface area contributed by atoms with E-state index in [-0.39, 0.29) is 12.5 Å². The van der Waals surface area contributed by atoms with Crippen molar-refractivity contribution in [1.82, 2.24) is 4.90 Å². The fourth-order valence-electron chi connectivity index (χ4n) is 2.52. The van der Waals surface area contributed by atoms with Crippen LogP contribution < -0.4 is 5.73 Å². The molecule has 0 bridgehead atoms. The third-order valence-electron chi connectivity index (χ3n) is 3.83. The van der Waals surface area contributed by atoms with Crippen LogP contribution in [0.15, 0.2) is 30.3 Å². The summed E-state index contributed by atoms with van der Waals surface area (Å²) in [6, 6.07) is 8.36. The standard InChI is InChI=1S/C16H22N2O5/c17-14(9-12-5-2-1-3-6-12)15(20)22-23-16(21)18-8-4-7-13(10-18)11-19/h1-3,5-6,13-14,19H,4,7-11,17H2/t13?,14-/m0/s1. The molecule has 1 amide bonds. The van der Waals surface area contributed by atoms with Gasteiger partial charge in [-0.1, -0.05) is 30.3 Å². The van der Waals surface area contributed by atoms with Gasteiger partial charge in [0.05, 0.1) is 0 Å². The van der Waals surface area contributed by atoms with Crippen LogP contribution in [-0.4, -0.2) is 47.8 Å². The number of hydrogen-bond acceptors (Lipinski definition) is 6. The lowest BCUT2D eigenvalue weighted by Crippen LogP contribution is -2.42. The van der Waals surface area contributed by atoms with Crippen molar-refractivity contribution in [2.75, 3.05) is 19.7 Å². The van der Waals surface area contributed by atoms with Gasteiger partial charge in [0.25, 0.3) is 0 Å². The molecule has 126 valence electrons. The largest absolute Gasteiger partial charge is 0.453 e. The topological polar surface area (TPSA) is 102 Å². The average molecular weight is 322 g/mol. The van der Waals surface area contributed by atoms with Crippen molar-refractivity contribution in [1.29, 1.82) is 0 Å². The lowest BCUT2D eigenvalue weighted by atomic mass is 10.00. The van der Waals surface area contributed by atoms with Gasteiger partial charge in [-0.25, -0.2) is 19.4 Å². The van der Waals surface area contributed by atoms with E-state index in [4.69, 9.17) is 10.8 Å². The summed E-state index contributed by atoms with van der Waals surface area (Å²) in [7, 11) is 0. The lowest BCUT2D eigenvalue weighted by Gasteiger charge is -2.30. The normalized spacial score (nSPS) is 19.0. The van der Waals surface area contributed by atoms with Crippen LogP contribution in [-0.2, 0) is 21.0 Å². The summed E-state index contributed by atoms with van der Waals surface area (Å²) < 4.78 is 0. The third kappa shape index (κ3) is 5.22. The minimum Gasteiger partial charge on any atom is -0.396 e. The number of nitrogens with two attached hydrogens (primary N) is 1. The Morgan fingerprint density at radius 2 is 2.04 bits per heavy atom. The highest BCUT2D eigenvalue weighted by Gasteiger charge is 2.26. The number of benzene rings is 1. The molecule has 2 rings (SSSR count). The fourth-order valence-corrected chi connectivity index (χ4v) is 2.52. The molecule has 1 aromatic rings. The smallest absolute Gasteiger partial charge is 0.396 e. The summed E-state index contributed by atoms with van der Waals surface area (Å²) in [5.74, 6) is -0.759. The number of aliphatic hydroxyl groups is 1. The van der Waals surface area contributed by atoms with E-state index in [9.17, 15) is 9.59 Å². The van der Waals surface area contributed by atoms with E-state index in [2.05, 4.69) is 9.78 Å². The number of carbonyl (C=O) groups excluding carboxylic acids is 2. The molecule has 0 radical (unpaired) electrons. The molecule has 7 heteroatoms. The molecule has 1 heterocycles. The van der Waals surface area contributed by atoms with Crippen molar-refractivity contribution >= 4 is 12.1 Å². The first-order valence-electron chi connectivity index (χ1n) is 7.67. The Kier molecular flexibility index (Phi) is 6.37. The van der Waals surface area contributed by atoms with Crippen molar-refractivity contribution in [3.63, 3.8) is 0 Å². The van der Waals surface area contributed by atoms with Gasteiger partial charge in [0.2, 0.25) is 0 Å². The zero-order valence-electron chi connectivity index (χ0n) is 12.9. The molecule has 23 heavy (non-hydrogen) atoms. The summed E-state index contributed by atoms with van der Waals surface area (Å²) in [5, 5.41) is 9.14. The number of rotatable bonds is 4. The van der Waals surface area contributed by atoms with Gasteiger partial charge in [0.1, 0.15) is 6.04 Å². The Hall–Kier alpha value is -2.12. The molecule has 1 saturated heterocycles. The van der Waals surface area contributed by atoms with Crippen LogP contribution in [0.4, 0.5) is 4.79 Å². The SMILES string of the molecule is N[C@@H](Cc1ccccc1)C(=O)OOC(=O)N1CCCC(CO)C1. The highest BCUT2D eigenvalue weighted by molar-refractivity contribution is 5.76. The maximum absolute atomic E-state index is 11.8. The molecule has 1 unspecified atom stereocenters. The number of likely N-dealkylation sites (tertiary alicyclic amines) is 1. The van der Waals surface area contributed by atoms with E-state index in [0.717, 1.165) is 18.4 Å². The van der Waals surface area contributed by atoms with E-state index >= 15 is 0 Å². The summed E-state index contributed by atoms with van der Waals surface area (Å²) in [6.07, 6.45) is 1.21. The third-order valence-corrected chi connectivity index (χ3v) is 3.83. The van der Waals surface area contributed by atoms with Crippen LogP contribution in [0.3, 0.4) is 0 Å². The van der Waals surface area contributed by atoms with E-state index < -0.39 is 18.1 Å². The summed E-state index contributed by atoms with van der Waals surface area (Å²) in [4.78, 5) is 34.2. The van der Waals surface area contributed by atoms with Gasteiger partial charge in [-0.3, -0.25) is 0 Å². The lowest BCUT2D eigenvalue weighted by molar-refractivity contribution is -0.239. The molecule has 0 aliphatic carbocycles. The van der Waals surface area contributed by atoms with Crippen LogP contribution in [0.25, 0.3) is 0 Å². The minimum atomic E-state index is -0.906. The summed E-state index contributed by atoms with van der Waals surface area (Å²) >= 11 is 0. The number of aliphatic hydroxyl groups excluding tert-OH is 1. The minimum absolute atomic E-state index is 0.0194. The molecule has 0 spiro atoms. The Bertz CT molecular complexity index is 522. The van der Waals surface area contributed by atoms with E-state index in [1.165, 1.54) is 4.90 Å². The quantitative estimate of drug-likeness (QED) is 0.629.